The highest BCUT2D eigenvalue weighted by molar-refractivity contribution is 6.30. The van der Waals surface area contributed by atoms with Gasteiger partial charge in [0.2, 0.25) is 0 Å². The van der Waals surface area contributed by atoms with E-state index in [0.717, 1.165) is 0 Å². The zero-order valence-electron chi connectivity index (χ0n) is 6.97. The zero-order valence-corrected chi connectivity index (χ0v) is 7.72. The summed E-state index contributed by atoms with van der Waals surface area (Å²) < 4.78 is 0. The second-order valence-electron chi connectivity index (χ2n) is 3.03. The molecule has 0 rings (SSSR count). The maximum absolute atomic E-state index is 10.6. The van der Waals surface area contributed by atoms with Gasteiger partial charge in [-0.3, -0.25) is 4.79 Å². The molecule has 0 fully saturated rings. The fourth-order valence-electron chi connectivity index (χ4n) is 0.682. The number of hydrogen-bond donors (Lipinski definition) is 1. The van der Waals surface area contributed by atoms with Gasteiger partial charge < -0.3 is 5.11 Å². The van der Waals surface area contributed by atoms with E-state index >= 15 is 0 Å². The van der Waals surface area contributed by atoms with Crippen LogP contribution in [0.3, 0.4) is 0 Å². The molecule has 3 nitrogen and oxygen atoms in total. The van der Waals surface area contributed by atoms with Crippen molar-refractivity contribution in [1.82, 2.24) is 0 Å². The first-order valence-corrected chi connectivity index (χ1v) is 3.69. The molecule has 0 amide bonds. The summed E-state index contributed by atoms with van der Waals surface area (Å²) in [5, 5.41) is 17.4. The van der Waals surface area contributed by atoms with Gasteiger partial charge in [0.25, 0.3) is 0 Å². The Morgan fingerprint density at radius 2 is 2.17 bits per heavy atom. The van der Waals surface area contributed by atoms with Crippen LogP contribution in [0.5, 0.6) is 0 Å². The molecule has 1 unspecified atom stereocenters. The molecule has 0 saturated heterocycles. The predicted octanol–water partition coefficient (Wildman–Crippen LogP) is 1.99. The van der Waals surface area contributed by atoms with Crippen LogP contribution in [0.2, 0.25) is 0 Å². The molecule has 4 heteroatoms. The summed E-state index contributed by atoms with van der Waals surface area (Å²) in [5.74, 6) is -2.33. The topological polar surface area (TPSA) is 61.1 Å². The molecule has 12 heavy (non-hydrogen) atoms. The molecule has 0 aliphatic rings. The first-order chi connectivity index (χ1) is 5.34. The lowest BCUT2D eigenvalue weighted by atomic mass is 9.79. The van der Waals surface area contributed by atoms with E-state index in [4.69, 9.17) is 22.0 Å². The molecule has 0 aromatic rings. The van der Waals surface area contributed by atoms with Crippen LogP contribution in [0.15, 0.2) is 11.6 Å². The molecule has 0 aromatic heterocycles. The minimum Gasteiger partial charge on any atom is -0.480 e. The van der Waals surface area contributed by atoms with E-state index in [2.05, 4.69) is 6.58 Å². The number of allylic oxidation sites excluding steroid dienone is 1. The number of aliphatic carboxylic acids is 1. The maximum atomic E-state index is 10.6. The molecule has 0 spiro atoms. The smallest absolute Gasteiger partial charge is 0.321 e. The van der Waals surface area contributed by atoms with Gasteiger partial charge in [-0.05, 0) is 0 Å². The maximum Gasteiger partial charge on any atom is 0.321 e. The highest BCUT2D eigenvalue weighted by Gasteiger charge is 2.37. The van der Waals surface area contributed by atoms with Crippen LogP contribution in [-0.4, -0.2) is 11.1 Å². The number of hydrogen-bond acceptors (Lipinski definition) is 2. The number of nitrogens with zero attached hydrogens (tertiary/aromatic N) is 1. The van der Waals surface area contributed by atoms with Crippen LogP contribution in [-0.2, 0) is 4.79 Å². The second-order valence-corrected chi connectivity index (χ2v) is 3.48. The van der Waals surface area contributed by atoms with Crippen LogP contribution in [0.25, 0.3) is 0 Å². The van der Waals surface area contributed by atoms with Crippen molar-refractivity contribution in [2.45, 2.75) is 13.8 Å². The Morgan fingerprint density at radius 3 is 2.25 bits per heavy atom. The average Bonchev–Trinajstić information content (AvgIpc) is 1.86. The van der Waals surface area contributed by atoms with Crippen LogP contribution < -0.4 is 0 Å². The zero-order chi connectivity index (χ0) is 9.94. The van der Waals surface area contributed by atoms with Crippen molar-refractivity contribution in [3.8, 4) is 6.07 Å². The van der Waals surface area contributed by atoms with Crippen molar-refractivity contribution < 1.29 is 9.90 Å². The number of nitriles is 1. The summed E-state index contributed by atoms with van der Waals surface area (Å²) in [6.45, 7) is 6.58. The molecular formula is C8H10ClNO2. The van der Waals surface area contributed by atoms with Gasteiger partial charge in [0.05, 0.1) is 6.07 Å². The van der Waals surface area contributed by atoms with Crippen molar-refractivity contribution in [3.05, 3.63) is 11.6 Å². The highest BCUT2D eigenvalue weighted by Crippen LogP contribution is 2.35. The lowest BCUT2D eigenvalue weighted by molar-refractivity contribution is -0.142. The van der Waals surface area contributed by atoms with E-state index in [9.17, 15) is 4.79 Å². The van der Waals surface area contributed by atoms with Gasteiger partial charge in [-0.15, -0.1) is 0 Å². The fraction of sp³-hybridized carbons (Fsp3) is 0.500. The van der Waals surface area contributed by atoms with E-state index in [1.165, 1.54) is 0 Å². The van der Waals surface area contributed by atoms with Gasteiger partial charge in [0, 0.05) is 10.4 Å². The molecular weight excluding hydrogens is 178 g/mol. The van der Waals surface area contributed by atoms with E-state index in [1.807, 2.05) is 0 Å². The molecule has 1 N–H and O–H groups in total. The van der Waals surface area contributed by atoms with Crippen molar-refractivity contribution in [1.29, 1.82) is 5.26 Å². The number of rotatable bonds is 3. The standard InChI is InChI=1S/C8H10ClNO2/c1-5(9)8(2,3)6(4-10)7(11)12/h6H,1H2,2-3H3,(H,11,12). The van der Waals surface area contributed by atoms with Crippen LogP contribution in [0.4, 0.5) is 0 Å². The second kappa shape index (κ2) is 3.59. The molecule has 0 aliphatic heterocycles. The van der Waals surface area contributed by atoms with Gasteiger partial charge in [0.1, 0.15) is 0 Å². The summed E-state index contributed by atoms with van der Waals surface area (Å²) in [7, 11) is 0. The van der Waals surface area contributed by atoms with Crippen molar-refractivity contribution >= 4 is 17.6 Å². The third-order valence-corrected chi connectivity index (χ3v) is 2.28. The number of halogens is 1. The van der Waals surface area contributed by atoms with Crippen LogP contribution >= 0.6 is 11.6 Å². The molecule has 0 heterocycles. The van der Waals surface area contributed by atoms with Gasteiger partial charge in [-0.1, -0.05) is 32.0 Å². The minimum absolute atomic E-state index is 0.177. The van der Waals surface area contributed by atoms with E-state index < -0.39 is 17.3 Å². The third kappa shape index (κ3) is 1.99. The Kier molecular flexibility index (Phi) is 3.29. The van der Waals surface area contributed by atoms with Crippen molar-refractivity contribution in [3.63, 3.8) is 0 Å². The molecule has 0 radical (unpaired) electrons. The molecule has 1 atom stereocenters. The first-order valence-electron chi connectivity index (χ1n) is 3.31. The summed E-state index contributed by atoms with van der Waals surface area (Å²) in [6.07, 6.45) is 0. The summed E-state index contributed by atoms with van der Waals surface area (Å²) >= 11 is 5.58. The monoisotopic (exact) mass is 187 g/mol. The minimum atomic E-state index is -1.18. The quantitative estimate of drug-likeness (QED) is 0.735. The molecule has 0 saturated carbocycles. The average molecular weight is 188 g/mol. The summed E-state index contributed by atoms with van der Waals surface area (Å²) in [4.78, 5) is 10.6. The Morgan fingerprint density at radius 1 is 1.75 bits per heavy atom. The molecule has 0 aromatic carbocycles. The highest BCUT2D eigenvalue weighted by atomic mass is 35.5. The Labute approximate surface area is 76.3 Å². The predicted molar refractivity (Wildman–Crippen MR) is 45.5 cm³/mol. The van der Waals surface area contributed by atoms with E-state index in [-0.39, 0.29) is 5.03 Å². The molecule has 66 valence electrons. The lowest BCUT2D eigenvalue weighted by Gasteiger charge is -2.25. The first kappa shape index (κ1) is 11.0. The SMILES string of the molecule is C=C(Cl)C(C)(C)C(C#N)C(=O)O. The normalized spacial score (nSPS) is 13.2. The number of carboxylic acids is 1. The number of carbonyl (C=O) groups is 1. The van der Waals surface area contributed by atoms with E-state index in [0.29, 0.717) is 0 Å². The van der Waals surface area contributed by atoms with Crippen molar-refractivity contribution in [2.24, 2.45) is 11.3 Å². The Balaban J connectivity index is 4.87. The largest absolute Gasteiger partial charge is 0.480 e. The summed E-state index contributed by atoms with van der Waals surface area (Å²) in [5.41, 5.74) is -0.901. The molecule has 0 aliphatic carbocycles. The third-order valence-electron chi connectivity index (χ3n) is 1.80. The Hall–Kier alpha value is -1.01. The number of carboxylic acid groups (broad SMARTS) is 1. The van der Waals surface area contributed by atoms with Gasteiger partial charge in [0.15, 0.2) is 5.92 Å². The fourth-order valence-corrected chi connectivity index (χ4v) is 0.791. The summed E-state index contributed by atoms with van der Waals surface area (Å²) in [6, 6.07) is 1.68. The van der Waals surface area contributed by atoms with Gasteiger partial charge >= 0.3 is 5.97 Å². The Bertz CT molecular complexity index is 252. The molecule has 0 bridgehead atoms. The lowest BCUT2D eigenvalue weighted by Crippen LogP contribution is -2.29. The van der Waals surface area contributed by atoms with Crippen LogP contribution in [0, 0.1) is 22.7 Å². The van der Waals surface area contributed by atoms with E-state index in [1.54, 1.807) is 19.9 Å². The van der Waals surface area contributed by atoms with Gasteiger partial charge in [-0.2, -0.15) is 5.26 Å². The van der Waals surface area contributed by atoms with Gasteiger partial charge in [-0.25, -0.2) is 0 Å². The van der Waals surface area contributed by atoms with Crippen LogP contribution in [0.1, 0.15) is 13.8 Å². The van der Waals surface area contributed by atoms with Crippen molar-refractivity contribution in [2.75, 3.05) is 0 Å².